The maximum absolute atomic E-state index is 12.4. The first-order valence-electron chi connectivity index (χ1n) is 9.06. The Morgan fingerprint density at radius 2 is 1.85 bits per heavy atom. The number of hydrogen-bond donors (Lipinski definition) is 1. The van der Waals surface area contributed by atoms with Gasteiger partial charge in [-0.05, 0) is 30.5 Å². The molecule has 1 aromatic heterocycles. The monoisotopic (exact) mass is 362 g/mol. The molecule has 0 spiro atoms. The van der Waals surface area contributed by atoms with Gasteiger partial charge in [-0.25, -0.2) is 0 Å². The van der Waals surface area contributed by atoms with Crippen LogP contribution in [0.25, 0.3) is 0 Å². The number of carbonyl (C=O) groups is 1. The normalized spacial score (nSPS) is 15.6. The second-order valence-electron chi connectivity index (χ2n) is 7.21. The number of rotatable bonds is 6. The highest BCUT2D eigenvalue weighted by Crippen LogP contribution is 2.24. The van der Waals surface area contributed by atoms with E-state index in [1.165, 1.54) is 0 Å². The van der Waals surface area contributed by atoms with Gasteiger partial charge < -0.3 is 15.1 Å². The molecule has 0 saturated heterocycles. The van der Waals surface area contributed by atoms with Crippen LogP contribution in [0.3, 0.4) is 0 Å². The lowest BCUT2D eigenvalue weighted by Gasteiger charge is -2.20. The van der Waals surface area contributed by atoms with Gasteiger partial charge in [-0.2, -0.15) is 0 Å². The number of hydrogen-bond acceptors (Lipinski definition) is 5. The molecular formula is C21H22N4O2. The van der Waals surface area contributed by atoms with E-state index in [9.17, 15) is 4.79 Å². The van der Waals surface area contributed by atoms with E-state index < -0.39 is 5.54 Å². The molecule has 0 bridgehead atoms. The van der Waals surface area contributed by atoms with Crippen molar-refractivity contribution in [2.24, 2.45) is 5.73 Å². The van der Waals surface area contributed by atoms with Gasteiger partial charge in [0.05, 0.1) is 5.54 Å². The molecule has 0 aliphatic carbocycles. The fourth-order valence-electron chi connectivity index (χ4n) is 3.41. The third-order valence-corrected chi connectivity index (χ3v) is 4.86. The Hall–Kier alpha value is -2.99. The van der Waals surface area contributed by atoms with Crippen molar-refractivity contribution in [3.05, 3.63) is 83.1 Å². The van der Waals surface area contributed by atoms with Gasteiger partial charge >= 0.3 is 0 Å². The molecule has 2 aromatic carbocycles. The minimum atomic E-state index is -0.744. The van der Waals surface area contributed by atoms with Gasteiger partial charge in [0, 0.05) is 25.1 Å². The highest BCUT2D eigenvalue weighted by atomic mass is 16.4. The zero-order valence-corrected chi connectivity index (χ0v) is 15.3. The summed E-state index contributed by atoms with van der Waals surface area (Å²) >= 11 is 0. The Bertz CT molecular complexity index is 950. The Morgan fingerprint density at radius 1 is 1.11 bits per heavy atom. The Balaban J connectivity index is 1.39. The van der Waals surface area contributed by atoms with E-state index in [1.54, 1.807) is 4.90 Å². The second-order valence-corrected chi connectivity index (χ2v) is 7.21. The summed E-state index contributed by atoms with van der Waals surface area (Å²) in [5.41, 5.74) is 8.63. The molecule has 1 amide bonds. The fraction of sp³-hybridized carbons (Fsp3) is 0.286. The summed E-state index contributed by atoms with van der Waals surface area (Å²) in [6.45, 7) is 3.05. The van der Waals surface area contributed by atoms with Gasteiger partial charge in [-0.3, -0.25) is 4.79 Å². The number of amides is 1. The molecule has 0 unspecified atom stereocenters. The highest BCUT2D eigenvalue weighted by molar-refractivity contribution is 5.98. The number of fused-ring (bicyclic) bond motifs is 1. The van der Waals surface area contributed by atoms with Crippen molar-refractivity contribution in [2.45, 2.75) is 31.8 Å². The molecule has 0 saturated carbocycles. The van der Waals surface area contributed by atoms with Crippen LogP contribution in [0.4, 0.5) is 0 Å². The lowest BCUT2D eigenvalue weighted by atomic mass is 9.94. The molecule has 138 valence electrons. The molecule has 2 N–H and O–H groups in total. The smallest absolute Gasteiger partial charge is 0.254 e. The summed E-state index contributed by atoms with van der Waals surface area (Å²) in [5, 5.41) is 8.27. The van der Waals surface area contributed by atoms with Crippen LogP contribution in [-0.2, 0) is 24.9 Å². The van der Waals surface area contributed by atoms with Crippen molar-refractivity contribution in [1.29, 1.82) is 0 Å². The van der Waals surface area contributed by atoms with E-state index in [-0.39, 0.29) is 5.91 Å². The average molecular weight is 362 g/mol. The zero-order valence-electron chi connectivity index (χ0n) is 15.3. The maximum Gasteiger partial charge on any atom is 0.254 e. The number of nitrogens with zero attached hydrogens (tertiary/aromatic N) is 3. The lowest BCUT2D eigenvalue weighted by molar-refractivity contribution is 0.0777. The number of nitrogens with two attached hydrogens (primary N) is 1. The largest absolute Gasteiger partial charge is 0.423 e. The van der Waals surface area contributed by atoms with Crippen LogP contribution >= 0.6 is 0 Å². The molecule has 1 aliphatic rings. The quantitative estimate of drug-likeness (QED) is 0.729. The summed E-state index contributed by atoms with van der Waals surface area (Å²) in [6.07, 6.45) is 1.11. The molecule has 1 aliphatic heterocycles. The van der Waals surface area contributed by atoms with E-state index in [0.717, 1.165) is 16.7 Å². The Morgan fingerprint density at radius 3 is 2.63 bits per heavy atom. The van der Waals surface area contributed by atoms with E-state index in [0.29, 0.717) is 37.7 Å². The summed E-state index contributed by atoms with van der Waals surface area (Å²) in [7, 11) is 0. The maximum atomic E-state index is 12.4. The first-order chi connectivity index (χ1) is 13.0. The van der Waals surface area contributed by atoms with Crippen LogP contribution in [0, 0.1) is 0 Å². The van der Waals surface area contributed by atoms with Crippen LogP contribution in [0.15, 0.2) is 59.0 Å². The standard InChI is InChI=1S/C21H22N4O2/c1-21(22,13-15-7-3-2-4-8-15)20-24-23-18(27-20)11-12-25-14-16-9-5-6-10-17(16)19(25)26/h2-10H,11-14,22H2,1H3/t21-/m1/s1. The van der Waals surface area contributed by atoms with Crippen LogP contribution in [-0.4, -0.2) is 27.5 Å². The predicted octanol–water partition coefficient (Wildman–Crippen LogP) is 2.68. The first kappa shape index (κ1) is 17.4. The van der Waals surface area contributed by atoms with Gasteiger partial charge in [0.25, 0.3) is 5.91 Å². The average Bonchev–Trinajstić information content (AvgIpc) is 3.26. The van der Waals surface area contributed by atoms with Gasteiger partial charge in [0.1, 0.15) is 0 Å². The summed E-state index contributed by atoms with van der Waals surface area (Å²) < 4.78 is 5.81. The SMILES string of the molecule is C[C@@](N)(Cc1ccccc1)c1nnc(CCN2Cc3ccccc3C2=O)o1. The number of aromatic nitrogens is 2. The summed E-state index contributed by atoms with van der Waals surface area (Å²) in [4.78, 5) is 14.2. The lowest BCUT2D eigenvalue weighted by Crippen LogP contribution is -2.35. The summed E-state index contributed by atoms with van der Waals surface area (Å²) in [6, 6.07) is 17.7. The minimum Gasteiger partial charge on any atom is -0.423 e. The predicted molar refractivity (Wildman–Crippen MR) is 101 cm³/mol. The van der Waals surface area contributed by atoms with Crippen LogP contribution in [0.5, 0.6) is 0 Å². The van der Waals surface area contributed by atoms with Crippen molar-refractivity contribution in [2.75, 3.05) is 6.54 Å². The molecule has 3 aromatic rings. The molecule has 2 heterocycles. The first-order valence-corrected chi connectivity index (χ1v) is 9.06. The minimum absolute atomic E-state index is 0.0538. The van der Waals surface area contributed by atoms with Crippen LogP contribution < -0.4 is 5.73 Å². The molecule has 6 heteroatoms. The molecule has 1 atom stereocenters. The second kappa shape index (κ2) is 6.96. The third kappa shape index (κ3) is 3.61. The Labute approximate surface area is 158 Å². The zero-order chi connectivity index (χ0) is 18.9. The van der Waals surface area contributed by atoms with E-state index in [1.807, 2.05) is 61.5 Å². The summed E-state index contributed by atoms with van der Waals surface area (Å²) in [5.74, 6) is 0.967. The molecular weight excluding hydrogens is 340 g/mol. The Kier molecular flexibility index (Phi) is 4.49. The number of benzene rings is 2. The van der Waals surface area contributed by atoms with Gasteiger partial charge in [0.15, 0.2) is 0 Å². The van der Waals surface area contributed by atoms with E-state index >= 15 is 0 Å². The molecule has 27 heavy (non-hydrogen) atoms. The van der Waals surface area contributed by atoms with Crippen molar-refractivity contribution in [3.8, 4) is 0 Å². The third-order valence-electron chi connectivity index (χ3n) is 4.86. The number of carbonyl (C=O) groups excluding carboxylic acids is 1. The van der Waals surface area contributed by atoms with Crippen molar-refractivity contribution in [1.82, 2.24) is 15.1 Å². The van der Waals surface area contributed by atoms with Crippen molar-refractivity contribution in [3.63, 3.8) is 0 Å². The van der Waals surface area contributed by atoms with Crippen LogP contribution in [0.1, 0.15) is 40.2 Å². The highest BCUT2D eigenvalue weighted by Gasteiger charge is 2.30. The molecule has 0 fully saturated rings. The van der Waals surface area contributed by atoms with E-state index in [2.05, 4.69) is 10.2 Å². The van der Waals surface area contributed by atoms with Crippen molar-refractivity contribution < 1.29 is 9.21 Å². The van der Waals surface area contributed by atoms with E-state index in [4.69, 9.17) is 10.2 Å². The van der Waals surface area contributed by atoms with Crippen molar-refractivity contribution >= 4 is 5.91 Å². The van der Waals surface area contributed by atoms with Gasteiger partial charge in [0.2, 0.25) is 11.8 Å². The van der Waals surface area contributed by atoms with Gasteiger partial charge in [-0.1, -0.05) is 48.5 Å². The van der Waals surface area contributed by atoms with Crippen LogP contribution in [0.2, 0.25) is 0 Å². The molecule has 4 rings (SSSR count). The molecule has 6 nitrogen and oxygen atoms in total. The topological polar surface area (TPSA) is 85.2 Å². The molecule has 0 radical (unpaired) electrons. The fourth-order valence-corrected chi connectivity index (χ4v) is 3.41. The van der Waals surface area contributed by atoms with Gasteiger partial charge in [-0.15, -0.1) is 10.2 Å².